The van der Waals surface area contributed by atoms with Crippen molar-refractivity contribution in [1.29, 1.82) is 5.26 Å². The van der Waals surface area contributed by atoms with Gasteiger partial charge in [0.1, 0.15) is 16.8 Å². The summed E-state index contributed by atoms with van der Waals surface area (Å²) in [5.41, 5.74) is 2.07. The zero-order chi connectivity index (χ0) is 22.4. The van der Waals surface area contributed by atoms with E-state index in [2.05, 4.69) is 23.0 Å². The molecule has 1 aliphatic rings. The third kappa shape index (κ3) is 6.12. The van der Waals surface area contributed by atoms with Crippen LogP contribution in [0.5, 0.6) is 5.75 Å². The van der Waals surface area contributed by atoms with Crippen molar-refractivity contribution in [2.45, 2.75) is 32.8 Å². The highest BCUT2D eigenvalue weighted by Crippen LogP contribution is 2.39. The first kappa shape index (κ1) is 22.4. The minimum absolute atomic E-state index is 0.00727. The number of amides is 1. The molecule has 9 heteroatoms. The molecule has 1 heterocycles. The molecule has 0 bridgehead atoms. The monoisotopic (exact) mass is 446 g/mol. The lowest BCUT2D eigenvalue weighted by Gasteiger charge is -2.17. The van der Waals surface area contributed by atoms with E-state index in [0.717, 1.165) is 35.8 Å². The van der Waals surface area contributed by atoms with E-state index < -0.39 is 25.1 Å². The first-order valence-corrected chi connectivity index (χ1v) is 10.4. The Morgan fingerprint density at radius 2 is 2.10 bits per heavy atom. The Kier molecular flexibility index (Phi) is 7.36. The van der Waals surface area contributed by atoms with Crippen molar-refractivity contribution >= 4 is 34.3 Å². The molecule has 31 heavy (non-hydrogen) atoms. The van der Waals surface area contributed by atoms with Gasteiger partial charge in [-0.1, -0.05) is 19.1 Å². The number of thiophene rings is 1. The summed E-state index contributed by atoms with van der Waals surface area (Å²) in [4.78, 5) is 25.1. The first-order chi connectivity index (χ1) is 14.9. The maximum atomic E-state index is 12.2. The normalized spacial score (nSPS) is 15.4. The molecule has 1 aliphatic carbocycles. The molecule has 0 spiro atoms. The highest BCUT2D eigenvalue weighted by atomic mass is 32.1. The summed E-state index contributed by atoms with van der Waals surface area (Å²) in [6, 6.07) is 7.85. The van der Waals surface area contributed by atoms with Crippen molar-refractivity contribution in [3.8, 4) is 11.8 Å². The van der Waals surface area contributed by atoms with E-state index in [0.29, 0.717) is 22.0 Å². The maximum absolute atomic E-state index is 12.2. The van der Waals surface area contributed by atoms with Crippen LogP contribution in [0.15, 0.2) is 30.3 Å². The highest BCUT2D eigenvalue weighted by molar-refractivity contribution is 7.16. The van der Waals surface area contributed by atoms with E-state index in [1.54, 1.807) is 0 Å². The number of carbonyl (C=O) groups is 2. The number of nitriles is 1. The lowest BCUT2D eigenvalue weighted by atomic mass is 9.89. The van der Waals surface area contributed by atoms with Crippen LogP contribution in [0.25, 0.3) is 6.08 Å². The molecule has 1 unspecified atom stereocenters. The number of nitrogens with one attached hydrogen (secondary N) is 1. The van der Waals surface area contributed by atoms with Crippen LogP contribution in [0.4, 0.5) is 13.8 Å². The van der Waals surface area contributed by atoms with Crippen LogP contribution in [-0.2, 0) is 27.2 Å². The van der Waals surface area contributed by atoms with E-state index in [1.807, 2.05) is 0 Å². The van der Waals surface area contributed by atoms with Gasteiger partial charge in [0.25, 0.3) is 5.91 Å². The van der Waals surface area contributed by atoms with Crippen molar-refractivity contribution in [2.75, 3.05) is 11.9 Å². The van der Waals surface area contributed by atoms with E-state index in [-0.39, 0.29) is 5.75 Å². The number of alkyl halides is 2. The summed E-state index contributed by atoms with van der Waals surface area (Å²) in [6.07, 6.45) is 5.27. The van der Waals surface area contributed by atoms with Crippen LogP contribution < -0.4 is 10.1 Å². The standard InChI is InChI=1S/C22H20F2N2O4S/c1-13-2-8-16-17(11-25)21(31-18(16)10-13)26-19(27)12-29-20(28)9-5-14-3-6-15(7-4-14)30-22(23)24/h3-7,9,13,22H,2,8,10,12H2,1H3,(H,26,27)/b9-5+. The molecule has 1 aromatic carbocycles. The van der Waals surface area contributed by atoms with E-state index in [9.17, 15) is 23.6 Å². The van der Waals surface area contributed by atoms with Gasteiger partial charge in [-0.15, -0.1) is 11.3 Å². The highest BCUT2D eigenvalue weighted by Gasteiger charge is 2.24. The number of anilines is 1. The van der Waals surface area contributed by atoms with Gasteiger partial charge in [-0.05, 0) is 54.5 Å². The summed E-state index contributed by atoms with van der Waals surface area (Å²) in [5.74, 6) is -0.712. The third-order valence-electron chi connectivity index (χ3n) is 4.74. The van der Waals surface area contributed by atoms with Gasteiger partial charge in [0.05, 0.1) is 5.56 Å². The largest absolute Gasteiger partial charge is 0.452 e. The Hall–Kier alpha value is -3.25. The summed E-state index contributed by atoms with van der Waals surface area (Å²) in [6.45, 7) is -1.24. The molecule has 0 saturated heterocycles. The van der Waals surface area contributed by atoms with Crippen molar-refractivity contribution in [2.24, 2.45) is 5.92 Å². The second-order valence-electron chi connectivity index (χ2n) is 7.10. The quantitative estimate of drug-likeness (QED) is 0.498. The molecule has 162 valence electrons. The number of hydrogen-bond acceptors (Lipinski definition) is 6. The fourth-order valence-corrected chi connectivity index (χ4v) is 4.61. The second-order valence-corrected chi connectivity index (χ2v) is 8.21. The zero-order valence-corrected chi connectivity index (χ0v) is 17.5. The van der Waals surface area contributed by atoms with Gasteiger partial charge >= 0.3 is 12.6 Å². The molecular formula is C22H20F2N2O4S. The predicted octanol–water partition coefficient (Wildman–Crippen LogP) is 4.54. The van der Waals surface area contributed by atoms with Crippen LogP contribution in [0.3, 0.4) is 0 Å². The topological polar surface area (TPSA) is 88.4 Å². The maximum Gasteiger partial charge on any atom is 0.387 e. The Bertz CT molecular complexity index is 1030. The molecule has 0 radical (unpaired) electrons. The number of fused-ring (bicyclic) bond motifs is 1. The molecule has 1 amide bonds. The van der Waals surface area contributed by atoms with Crippen molar-refractivity contribution in [3.63, 3.8) is 0 Å². The van der Waals surface area contributed by atoms with E-state index >= 15 is 0 Å². The van der Waals surface area contributed by atoms with Gasteiger partial charge in [0, 0.05) is 11.0 Å². The Morgan fingerprint density at radius 1 is 1.35 bits per heavy atom. The lowest BCUT2D eigenvalue weighted by molar-refractivity contribution is -0.142. The fourth-order valence-electron chi connectivity index (χ4n) is 3.23. The van der Waals surface area contributed by atoms with Crippen LogP contribution in [0.1, 0.15) is 34.9 Å². The molecule has 6 nitrogen and oxygen atoms in total. The van der Waals surface area contributed by atoms with Gasteiger partial charge < -0.3 is 14.8 Å². The lowest BCUT2D eigenvalue weighted by Crippen LogP contribution is -2.20. The van der Waals surface area contributed by atoms with Crippen molar-refractivity contribution < 1.29 is 27.8 Å². The number of hydrogen-bond donors (Lipinski definition) is 1. The number of halogens is 2. The number of ether oxygens (including phenoxy) is 2. The molecule has 0 fully saturated rings. The minimum Gasteiger partial charge on any atom is -0.452 e. The van der Waals surface area contributed by atoms with Crippen molar-refractivity contribution in [1.82, 2.24) is 0 Å². The molecule has 1 N–H and O–H groups in total. The van der Waals surface area contributed by atoms with Crippen LogP contribution in [-0.4, -0.2) is 25.1 Å². The number of benzene rings is 1. The van der Waals surface area contributed by atoms with Crippen molar-refractivity contribution in [3.05, 3.63) is 51.9 Å². The molecular weight excluding hydrogens is 426 g/mol. The van der Waals surface area contributed by atoms with Crippen LogP contribution in [0.2, 0.25) is 0 Å². The Morgan fingerprint density at radius 3 is 2.77 bits per heavy atom. The average Bonchev–Trinajstić information content (AvgIpc) is 3.07. The molecule has 3 rings (SSSR count). The molecule has 1 atom stereocenters. The molecule has 0 aliphatic heterocycles. The zero-order valence-electron chi connectivity index (χ0n) is 16.7. The number of carbonyl (C=O) groups excluding carboxylic acids is 2. The summed E-state index contributed by atoms with van der Waals surface area (Å²) in [5, 5.41) is 12.6. The second kappa shape index (κ2) is 10.2. The van der Waals surface area contributed by atoms with Gasteiger partial charge in [0.15, 0.2) is 6.61 Å². The third-order valence-corrected chi connectivity index (χ3v) is 5.91. The summed E-state index contributed by atoms with van der Waals surface area (Å²) >= 11 is 1.40. The van der Waals surface area contributed by atoms with Gasteiger partial charge in [-0.3, -0.25) is 4.79 Å². The number of nitrogens with zero attached hydrogens (tertiary/aromatic N) is 1. The van der Waals surface area contributed by atoms with Crippen LogP contribution in [0, 0.1) is 17.2 Å². The van der Waals surface area contributed by atoms with Gasteiger partial charge in [0.2, 0.25) is 0 Å². The van der Waals surface area contributed by atoms with Crippen LogP contribution >= 0.6 is 11.3 Å². The molecule has 0 saturated carbocycles. The van der Waals surface area contributed by atoms with E-state index in [1.165, 1.54) is 41.7 Å². The molecule has 1 aromatic heterocycles. The smallest absolute Gasteiger partial charge is 0.387 e. The number of esters is 1. The molecule has 2 aromatic rings. The van der Waals surface area contributed by atoms with Gasteiger partial charge in [-0.2, -0.15) is 14.0 Å². The average molecular weight is 446 g/mol. The SMILES string of the molecule is CC1CCc2c(sc(NC(=O)COC(=O)/C=C/c3ccc(OC(F)F)cc3)c2C#N)C1. The predicted molar refractivity (Wildman–Crippen MR) is 112 cm³/mol. The summed E-state index contributed by atoms with van der Waals surface area (Å²) < 4.78 is 33.4. The van der Waals surface area contributed by atoms with Gasteiger partial charge in [-0.25, -0.2) is 4.79 Å². The number of rotatable bonds is 7. The Labute approximate surface area is 182 Å². The fraction of sp³-hybridized carbons (Fsp3) is 0.318. The Balaban J connectivity index is 1.51. The summed E-state index contributed by atoms with van der Waals surface area (Å²) in [7, 11) is 0. The first-order valence-electron chi connectivity index (χ1n) is 9.60. The van der Waals surface area contributed by atoms with E-state index in [4.69, 9.17) is 4.74 Å². The minimum atomic E-state index is -2.91.